The molecular formula is C12H11NO4. The molecule has 0 N–H and O–H groups in total. The third kappa shape index (κ3) is 3.63. The van der Waals surface area contributed by atoms with E-state index in [4.69, 9.17) is 10.00 Å². The van der Waals surface area contributed by atoms with E-state index < -0.39 is 5.97 Å². The monoisotopic (exact) mass is 233 g/mol. The number of benzene rings is 1. The molecule has 0 fully saturated rings. The maximum Gasteiger partial charge on any atom is 0.367 e. The maximum atomic E-state index is 11.1. The molecule has 0 aliphatic carbocycles. The van der Waals surface area contributed by atoms with Crippen LogP contribution in [0.25, 0.3) is 5.57 Å². The van der Waals surface area contributed by atoms with E-state index in [0.29, 0.717) is 11.3 Å². The van der Waals surface area contributed by atoms with Gasteiger partial charge in [0.2, 0.25) is 0 Å². The zero-order chi connectivity index (χ0) is 12.7. The van der Waals surface area contributed by atoms with E-state index in [-0.39, 0.29) is 5.57 Å². The first-order valence-electron chi connectivity index (χ1n) is 4.72. The summed E-state index contributed by atoms with van der Waals surface area (Å²) in [6.07, 6.45) is 1.06. The van der Waals surface area contributed by atoms with Crippen LogP contribution in [0.15, 0.2) is 30.3 Å². The quantitative estimate of drug-likeness (QED) is 0.342. The molecule has 0 heterocycles. The van der Waals surface area contributed by atoms with Crippen molar-refractivity contribution in [1.29, 1.82) is 5.26 Å². The van der Waals surface area contributed by atoms with Gasteiger partial charge in [-0.05, 0) is 29.8 Å². The molecule has 5 heteroatoms. The number of ether oxygens (including phenoxy) is 1. The topological polar surface area (TPSA) is 68.5 Å². The molecule has 0 saturated carbocycles. The Bertz CT molecular complexity index is 456. The van der Waals surface area contributed by atoms with Gasteiger partial charge in [0.25, 0.3) is 0 Å². The SMILES string of the molecule is COOC(=O)C=C(C#N)c1ccc(OC)cc1. The Balaban J connectivity index is 2.94. The van der Waals surface area contributed by atoms with Gasteiger partial charge in [0.1, 0.15) is 11.8 Å². The average molecular weight is 233 g/mol. The molecule has 0 aliphatic rings. The van der Waals surface area contributed by atoms with E-state index in [1.54, 1.807) is 31.4 Å². The lowest BCUT2D eigenvalue weighted by molar-refractivity contribution is -0.249. The van der Waals surface area contributed by atoms with Crippen molar-refractivity contribution in [3.63, 3.8) is 0 Å². The smallest absolute Gasteiger partial charge is 0.367 e. The van der Waals surface area contributed by atoms with Gasteiger partial charge in [-0.1, -0.05) is 0 Å². The molecule has 0 atom stereocenters. The van der Waals surface area contributed by atoms with Crippen LogP contribution in [0.5, 0.6) is 5.75 Å². The minimum atomic E-state index is -0.736. The van der Waals surface area contributed by atoms with Crippen LogP contribution >= 0.6 is 0 Å². The van der Waals surface area contributed by atoms with Gasteiger partial charge in [0.05, 0.1) is 19.8 Å². The van der Waals surface area contributed by atoms with Crippen LogP contribution in [-0.2, 0) is 14.6 Å². The highest BCUT2D eigenvalue weighted by molar-refractivity contribution is 5.95. The summed E-state index contributed by atoms with van der Waals surface area (Å²) in [5, 5.41) is 8.92. The first kappa shape index (κ1) is 12.7. The second-order valence-electron chi connectivity index (χ2n) is 2.97. The first-order chi connectivity index (χ1) is 8.21. The summed E-state index contributed by atoms with van der Waals surface area (Å²) >= 11 is 0. The number of methoxy groups -OCH3 is 1. The Morgan fingerprint density at radius 3 is 2.41 bits per heavy atom. The summed E-state index contributed by atoms with van der Waals surface area (Å²) in [6, 6.07) is 8.65. The zero-order valence-corrected chi connectivity index (χ0v) is 9.47. The number of carbonyl (C=O) groups is 1. The molecule has 0 aromatic heterocycles. The Hall–Kier alpha value is -2.32. The predicted octanol–water partition coefficient (Wildman–Crippen LogP) is 1.71. The highest BCUT2D eigenvalue weighted by Gasteiger charge is 2.06. The third-order valence-electron chi connectivity index (χ3n) is 1.95. The Morgan fingerprint density at radius 1 is 1.29 bits per heavy atom. The maximum absolute atomic E-state index is 11.1. The number of hydrogen-bond donors (Lipinski definition) is 0. The minimum absolute atomic E-state index is 0.190. The van der Waals surface area contributed by atoms with E-state index in [2.05, 4.69) is 9.78 Å². The minimum Gasteiger partial charge on any atom is -0.497 e. The van der Waals surface area contributed by atoms with E-state index in [0.717, 1.165) is 6.08 Å². The molecule has 5 nitrogen and oxygen atoms in total. The fraction of sp³-hybridized carbons (Fsp3) is 0.167. The summed E-state index contributed by atoms with van der Waals surface area (Å²) in [7, 11) is 2.76. The lowest BCUT2D eigenvalue weighted by Gasteiger charge is -2.01. The predicted molar refractivity (Wildman–Crippen MR) is 59.7 cm³/mol. The summed E-state index contributed by atoms with van der Waals surface area (Å²) in [5.41, 5.74) is 0.788. The van der Waals surface area contributed by atoms with Crippen molar-refractivity contribution in [2.24, 2.45) is 0 Å². The largest absolute Gasteiger partial charge is 0.497 e. The molecule has 1 rings (SSSR count). The van der Waals surface area contributed by atoms with E-state index in [9.17, 15) is 4.79 Å². The van der Waals surface area contributed by atoms with Gasteiger partial charge in [-0.2, -0.15) is 10.1 Å². The molecule has 0 spiro atoms. The molecule has 0 unspecified atom stereocenters. The molecule has 1 aromatic rings. The van der Waals surface area contributed by atoms with E-state index >= 15 is 0 Å². The molecule has 0 bridgehead atoms. The average Bonchev–Trinajstić information content (AvgIpc) is 2.36. The van der Waals surface area contributed by atoms with Crippen LogP contribution in [-0.4, -0.2) is 20.2 Å². The van der Waals surface area contributed by atoms with Crippen LogP contribution in [0.1, 0.15) is 5.56 Å². The third-order valence-corrected chi connectivity index (χ3v) is 1.95. The van der Waals surface area contributed by atoms with Gasteiger partial charge < -0.3 is 4.74 Å². The van der Waals surface area contributed by atoms with Crippen LogP contribution in [0.2, 0.25) is 0 Å². The Morgan fingerprint density at radius 2 is 1.94 bits per heavy atom. The van der Waals surface area contributed by atoms with Gasteiger partial charge in [-0.25, -0.2) is 4.79 Å². The van der Waals surface area contributed by atoms with Gasteiger partial charge >= 0.3 is 5.97 Å². The van der Waals surface area contributed by atoms with Crippen molar-refractivity contribution < 1.29 is 19.3 Å². The van der Waals surface area contributed by atoms with Gasteiger partial charge in [0.15, 0.2) is 0 Å². The summed E-state index contributed by atoms with van der Waals surface area (Å²) in [6.45, 7) is 0. The lowest BCUT2D eigenvalue weighted by Crippen LogP contribution is -2.00. The van der Waals surface area contributed by atoms with Crippen molar-refractivity contribution in [3.05, 3.63) is 35.9 Å². The van der Waals surface area contributed by atoms with Crippen molar-refractivity contribution in [2.75, 3.05) is 14.2 Å². The number of hydrogen-bond acceptors (Lipinski definition) is 5. The van der Waals surface area contributed by atoms with Crippen molar-refractivity contribution in [3.8, 4) is 11.8 Å². The van der Waals surface area contributed by atoms with Gasteiger partial charge in [-0.3, -0.25) is 4.89 Å². The molecule has 0 saturated heterocycles. The summed E-state index contributed by atoms with van der Waals surface area (Å²) in [4.78, 5) is 19.6. The molecule has 0 amide bonds. The second-order valence-corrected chi connectivity index (χ2v) is 2.97. The summed E-state index contributed by atoms with van der Waals surface area (Å²) < 4.78 is 4.99. The summed E-state index contributed by atoms with van der Waals surface area (Å²) in [5.74, 6) is -0.0645. The second kappa shape index (κ2) is 6.30. The molecule has 1 aromatic carbocycles. The van der Waals surface area contributed by atoms with Gasteiger partial charge in [-0.15, -0.1) is 0 Å². The fourth-order valence-electron chi connectivity index (χ4n) is 1.17. The Labute approximate surface area is 98.8 Å². The van der Waals surface area contributed by atoms with Gasteiger partial charge in [0, 0.05) is 6.08 Å². The van der Waals surface area contributed by atoms with Crippen LogP contribution in [0, 0.1) is 11.3 Å². The van der Waals surface area contributed by atoms with E-state index in [1.165, 1.54) is 7.11 Å². The molecular weight excluding hydrogens is 222 g/mol. The standard InChI is InChI=1S/C12H11NO4/c1-15-11-5-3-9(4-6-11)10(8-13)7-12(14)17-16-2/h3-7H,1-2H3. The molecule has 88 valence electrons. The van der Waals surface area contributed by atoms with E-state index in [1.807, 2.05) is 6.07 Å². The lowest BCUT2D eigenvalue weighted by atomic mass is 10.1. The number of carbonyl (C=O) groups excluding carboxylic acids is 1. The first-order valence-corrected chi connectivity index (χ1v) is 4.72. The number of nitriles is 1. The Kier molecular flexibility index (Phi) is 4.73. The number of allylic oxidation sites excluding steroid dienone is 1. The van der Waals surface area contributed by atoms with Crippen LogP contribution in [0.4, 0.5) is 0 Å². The highest BCUT2D eigenvalue weighted by Crippen LogP contribution is 2.18. The number of nitrogens with zero attached hydrogens (tertiary/aromatic N) is 1. The normalized spacial score (nSPS) is 10.5. The molecule has 0 radical (unpaired) electrons. The number of rotatable bonds is 4. The van der Waals surface area contributed by atoms with Crippen molar-refractivity contribution >= 4 is 11.5 Å². The zero-order valence-electron chi connectivity index (χ0n) is 9.47. The molecule has 0 aliphatic heterocycles. The molecule has 17 heavy (non-hydrogen) atoms. The highest BCUT2D eigenvalue weighted by atomic mass is 17.2. The van der Waals surface area contributed by atoms with Crippen molar-refractivity contribution in [2.45, 2.75) is 0 Å². The van der Waals surface area contributed by atoms with Crippen LogP contribution in [0.3, 0.4) is 0 Å². The van der Waals surface area contributed by atoms with Crippen molar-refractivity contribution in [1.82, 2.24) is 0 Å². The fourth-order valence-corrected chi connectivity index (χ4v) is 1.17. The van der Waals surface area contributed by atoms with Crippen LogP contribution < -0.4 is 4.74 Å².